The average molecular weight is 301 g/mol. The lowest BCUT2D eigenvalue weighted by molar-refractivity contribution is 0.294. The smallest absolute Gasteiger partial charge is 0.161 e. The van der Waals surface area contributed by atoms with E-state index in [1.54, 1.807) is 7.11 Å². The van der Waals surface area contributed by atoms with Crippen LogP contribution >= 0.6 is 0 Å². The molecule has 0 saturated carbocycles. The number of benzene rings is 1. The molecule has 5 heteroatoms. The molecule has 5 nitrogen and oxygen atoms in total. The fourth-order valence-electron chi connectivity index (χ4n) is 2.82. The van der Waals surface area contributed by atoms with Crippen molar-refractivity contribution in [3.63, 3.8) is 0 Å². The number of nitrogens with one attached hydrogen (secondary N) is 1. The molecule has 2 aromatic rings. The second-order valence-corrected chi connectivity index (χ2v) is 5.73. The Hall–Kier alpha value is -2.01. The van der Waals surface area contributed by atoms with E-state index in [4.69, 9.17) is 9.47 Å². The molecule has 118 valence electrons. The molecule has 3 rings (SSSR count). The van der Waals surface area contributed by atoms with E-state index in [1.807, 2.05) is 18.2 Å². The number of likely N-dealkylation sites (N-methyl/N-ethyl adjacent to an activating group) is 1. The monoisotopic (exact) mass is 301 g/mol. The number of aromatic nitrogens is 2. The van der Waals surface area contributed by atoms with Crippen molar-refractivity contribution in [1.82, 2.24) is 15.1 Å². The third-order valence-electron chi connectivity index (χ3n) is 4.02. The van der Waals surface area contributed by atoms with Crippen molar-refractivity contribution in [2.75, 3.05) is 27.3 Å². The minimum absolute atomic E-state index is 0.682. The first kappa shape index (κ1) is 14.9. The molecule has 0 bridgehead atoms. The highest BCUT2D eigenvalue weighted by Gasteiger charge is 2.21. The molecular formula is C17H23N3O2. The third-order valence-corrected chi connectivity index (χ3v) is 4.02. The van der Waals surface area contributed by atoms with Gasteiger partial charge in [0, 0.05) is 36.3 Å². The van der Waals surface area contributed by atoms with Gasteiger partial charge in [-0.25, -0.2) is 0 Å². The Kier molecular flexibility index (Phi) is 4.34. The Morgan fingerprint density at radius 2 is 2.18 bits per heavy atom. The zero-order valence-corrected chi connectivity index (χ0v) is 13.5. The minimum Gasteiger partial charge on any atom is -0.493 e. The highest BCUT2D eigenvalue weighted by atomic mass is 16.5. The number of fused-ring (bicyclic) bond motifs is 1. The molecule has 1 aromatic carbocycles. The van der Waals surface area contributed by atoms with Crippen LogP contribution in [0.5, 0.6) is 11.5 Å². The van der Waals surface area contributed by atoms with Crippen LogP contribution in [0.4, 0.5) is 0 Å². The highest BCUT2D eigenvalue weighted by molar-refractivity contribution is 5.67. The van der Waals surface area contributed by atoms with E-state index in [9.17, 15) is 0 Å². The Balaban J connectivity index is 1.97. The molecule has 0 fully saturated rings. The van der Waals surface area contributed by atoms with Crippen molar-refractivity contribution in [3.8, 4) is 22.8 Å². The first-order valence-corrected chi connectivity index (χ1v) is 7.78. The number of rotatable bonds is 5. The summed E-state index contributed by atoms with van der Waals surface area (Å²) in [7, 11) is 3.81. The molecule has 2 heterocycles. The Morgan fingerprint density at radius 3 is 2.95 bits per heavy atom. The zero-order chi connectivity index (χ0) is 15.5. The first-order chi connectivity index (χ1) is 10.7. The summed E-state index contributed by atoms with van der Waals surface area (Å²) in [5.74, 6) is 1.54. The standard InChI is InChI=1S/C17H23N3O2/c1-4-9-22-16-10-12(5-6-15(16)21-3)17-13-11-20(2)8-7-14(13)18-19-17/h5-6,10H,4,7-9,11H2,1-3H3,(H,18,19). The second kappa shape index (κ2) is 6.40. The number of H-pyrrole nitrogens is 1. The van der Waals surface area contributed by atoms with Crippen molar-refractivity contribution in [2.45, 2.75) is 26.3 Å². The fraction of sp³-hybridized carbons (Fsp3) is 0.471. The summed E-state index contributed by atoms with van der Waals surface area (Å²) >= 11 is 0. The molecule has 0 aliphatic carbocycles. The molecule has 1 N–H and O–H groups in total. The van der Waals surface area contributed by atoms with Crippen molar-refractivity contribution in [1.29, 1.82) is 0 Å². The number of hydrogen-bond acceptors (Lipinski definition) is 4. The van der Waals surface area contributed by atoms with Gasteiger partial charge in [-0.2, -0.15) is 5.10 Å². The Bertz CT molecular complexity index is 651. The summed E-state index contributed by atoms with van der Waals surface area (Å²) in [5.41, 5.74) is 4.63. The van der Waals surface area contributed by atoms with Crippen LogP contribution in [-0.2, 0) is 13.0 Å². The maximum Gasteiger partial charge on any atom is 0.161 e. The van der Waals surface area contributed by atoms with E-state index in [0.29, 0.717) is 6.61 Å². The van der Waals surface area contributed by atoms with Gasteiger partial charge in [-0.3, -0.25) is 5.10 Å². The van der Waals surface area contributed by atoms with Crippen LogP contribution < -0.4 is 9.47 Å². The van der Waals surface area contributed by atoms with Gasteiger partial charge in [0.25, 0.3) is 0 Å². The SMILES string of the molecule is CCCOc1cc(-c2n[nH]c3c2CN(C)CC3)ccc1OC. The number of hydrogen-bond donors (Lipinski definition) is 1. The predicted octanol–water partition coefficient (Wildman–Crippen LogP) is 2.86. The van der Waals surface area contributed by atoms with Gasteiger partial charge in [0.2, 0.25) is 0 Å². The van der Waals surface area contributed by atoms with E-state index in [1.165, 1.54) is 11.3 Å². The second-order valence-electron chi connectivity index (χ2n) is 5.73. The molecule has 1 aliphatic heterocycles. The lowest BCUT2D eigenvalue weighted by Crippen LogP contribution is -2.26. The van der Waals surface area contributed by atoms with Crippen molar-refractivity contribution >= 4 is 0 Å². The first-order valence-electron chi connectivity index (χ1n) is 7.78. The molecule has 0 unspecified atom stereocenters. The van der Waals surface area contributed by atoms with Crippen LogP contribution in [0.3, 0.4) is 0 Å². The summed E-state index contributed by atoms with van der Waals surface area (Å²) in [4.78, 5) is 2.32. The van der Waals surface area contributed by atoms with E-state index in [2.05, 4.69) is 29.1 Å². The largest absolute Gasteiger partial charge is 0.493 e. The molecule has 0 spiro atoms. The van der Waals surface area contributed by atoms with Gasteiger partial charge >= 0.3 is 0 Å². The molecule has 0 radical (unpaired) electrons. The molecule has 1 aliphatic rings. The lowest BCUT2D eigenvalue weighted by atomic mass is 10.0. The van der Waals surface area contributed by atoms with Crippen molar-refractivity contribution in [3.05, 3.63) is 29.5 Å². The van der Waals surface area contributed by atoms with Gasteiger partial charge < -0.3 is 14.4 Å². The fourth-order valence-corrected chi connectivity index (χ4v) is 2.82. The highest BCUT2D eigenvalue weighted by Crippen LogP contribution is 2.35. The summed E-state index contributed by atoms with van der Waals surface area (Å²) in [6.07, 6.45) is 1.99. The van der Waals surface area contributed by atoms with Gasteiger partial charge in [-0.15, -0.1) is 0 Å². The van der Waals surface area contributed by atoms with E-state index in [0.717, 1.165) is 48.7 Å². The zero-order valence-electron chi connectivity index (χ0n) is 13.5. The number of nitrogens with zero attached hydrogens (tertiary/aromatic N) is 2. The minimum atomic E-state index is 0.682. The van der Waals surface area contributed by atoms with Crippen molar-refractivity contribution < 1.29 is 9.47 Å². The Labute approximate surface area is 131 Å². The van der Waals surface area contributed by atoms with Gasteiger partial charge in [0.15, 0.2) is 11.5 Å². The van der Waals surface area contributed by atoms with Crippen LogP contribution in [0.15, 0.2) is 18.2 Å². The molecule has 22 heavy (non-hydrogen) atoms. The molecule has 0 atom stereocenters. The van der Waals surface area contributed by atoms with Gasteiger partial charge in [0.1, 0.15) is 0 Å². The molecule has 0 saturated heterocycles. The topological polar surface area (TPSA) is 50.4 Å². The van der Waals surface area contributed by atoms with Gasteiger partial charge in [0.05, 0.1) is 19.4 Å². The number of aromatic amines is 1. The molecule has 1 aromatic heterocycles. The summed E-state index contributed by atoms with van der Waals surface area (Å²) in [5, 5.41) is 7.72. The number of ether oxygens (including phenoxy) is 2. The lowest BCUT2D eigenvalue weighted by Gasteiger charge is -2.22. The predicted molar refractivity (Wildman–Crippen MR) is 86.4 cm³/mol. The van der Waals surface area contributed by atoms with Gasteiger partial charge in [-0.05, 0) is 31.7 Å². The molecule has 0 amide bonds. The number of methoxy groups -OCH3 is 1. The van der Waals surface area contributed by atoms with E-state index < -0.39 is 0 Å². The molecular weight excluding hydrogens is 278 g/mol. The van der Waals surface area contributed by atoms with E-state index in [-0.39, 0.29) is 0 Å². The van der Waals surface area contributed by atoms with Crippen molar-refractivity contribution in [2.24, 2.45) is 0 Å². The quantitative estimate of drug-likeness (QED) is 0.922. The third kappa shape index (κ3) is 2.81. The maximum atomic E-state index is 5.81. The average Bonchev–Trinajstić information content (AvgIpc) is 2.95. The van der Waals surface area contributed by atoms with Crippen LogP contribution in [0.1, 0.15) is 24.6 Å². The van der Waals surface area contributed by atoms with Crippen LogP contribution in [0.2, 0.25) is 0 Å². The van der Waals surface area contributed by atoms with E-state index >= 15 is 0 Å². The normalized spacial score (nSPS) is 14.7. The summed E-state index contributed by atoms with van der Waals surface area (Å²) in [6, 6.07) is 6.02. The Morgan fingerprint density at radius 1 is 1.32 bits per heavy atom. The summed E-state index contributed by atoms with van der Waals surface area (Å²) < 4.78 is 11.2. The van der Waals surface area contributed by atoms with Gasteiger partial charge in [-0.1, -0.05) is 6.92 Å². The maximum absolute atomic E-state index is 5.81. The van der Waals surface area contributed by atoms with Crippen LogP contribution in [-0.4, -0.2) is 42.4 Å². The van der Waals surface area contributed by atoms with Crippen LogP contribution in [0.25, 0.3) is 11.3 Å². The summed E-state index contributed by atoms with van der Waals surface area (Å²) in [6.45, 7) is 4.78. The van der Waals surface area contributed by atoms with Crippen LogP contribution in [0, 0.1) is 0 Å².